The molecule has 19 heavy (non-hydrogen) atoms. The second-order valence-corrected chi connectivity index (χ2v) is 5.13. The lowest BCUT2D eigenvalue weighted by Crippen LogP contribution is -2.43. The Morgan fingerprint density at radius 3 is 2.68 bits per heavy atom. The quantitative estimate of drug-likeness (QED) is 0.853. The number of piperidine rings is 1. The molecule has 1 heterocycles. The fourth-order valence-electron chi connectivity index (χ4n) is 2.18. The Labute approximate surface area is 117 Å². The van der Waals surface area contributed by atoms with Crippen LogP contribution in [-0.4, -0.2) is 30.0 Å². The fraction of sp³-hybridized carbons (Fsp3) is 0.500. The maximum Gasteiger partial charge on any atom is 0.263 e. The van der Waals surface area contributed by atoms with Crippen LogP contribution in [0, 0.1) is 5.82 Å². The number of nitrogens with zero attached hydrogens (tertiary/aromatic N) is 1. The van der Waals surface area contributed by atoms with Crippen molar-refractivity contribution in [3.05, 3.63) is 29.0 Å². The first kappa shape index (κ1) is 14.1. The van der Waals surface area contributed by atoms with Crippen LogP contribution in [0.3, 0.4) is 0 Å². The van der Waals surface area contributed by atoms with Gasteiger partial charge in [-0.1, -0.05) is 11.6 Å². The lowest BCUT2D eigenvalue weighted by Gasteiger charge is -2.29. The van der Waals surface area contributed by atoms with E-state index in [-0.39, 0.29) is 10.9 Å². The molecule has 1 aromatic carbocycles. The Bertz CT molecular complexity index is 461. The predicted molar refractivity (Wildman–Crippen MR) is 71.9 cm³/mol. The Hall–Kier alpha value is -1.29. The number of hydrogen-bond donors (Lipinski definition) is 0. The van der Waals surface area contributed by atoms with Crippen molar-refractivity contribution >= 4 is 17.5 Å². The third-order valence-electron chi connectivity index (χ3n) is 3.21. The number of benzene rings is 1. The summed E-state index contributed by atoms with van der Waals surface area (Å²) in [6.07, 6.45) is 2.63. The standard InChI is InChI=1S/C14H17ClFNO2/c1-10(14(18)17-7-3-2-4-8-17)19-13-6-5-11(16)9-12(13)15/h5-6,9-10H,2-4,7-8H2,1H3. The molecular weight excluding hydrogens is 269 g/mol. The summed E-state index contributed by atoms with van der Waals surface area (Å²) >= 11 is 5.87. The minimum atomic E-state index is -0.610. The van der Waals surface area contributed by atoms with E-state index in [1.807, 2.05) is 4.90 Å². The molecule has 1 amide bonds. The van der Waals surface area contributed by atoms with E-state index in [1.165, 1.54) is 24.6 Å². The van der Waals surface area contributed by atoms with Gasteiger partial charge in [-0.25, -0.2) is 4.39 Å². The monoisotopic (exact) mass is 285 g/mol. The van der Waals surface area contributed by atoms with E-state index in [4.69, 9.17) is 16.3 Å². The highest BCUT2D eigenvalue weighted by Gasteiger charge is 2.24. The predicted octanol–water partition coefficient (Wildman–Crippen LogP) is 3.26. The molecule has 0 radical (unpaired) electrons. The van der Waals surface area contributed by atoms with E-state index in [9.17, 15) is 9.18 Å². The van der Waals surface area contributed by atoms with Crippen LogP contribution in [0.1, 0.15) is 26.2 Å². The Kier molecular flexibility index (Phi) is 4.64. The van der Waals surface area contributed by atoms with E-state index >= 15 is 0 Å². The topological polar surface area (TPSA) is 29.5 Å². The molecule has 1 fully saturated rings. The number of likely N-dealkylation sites (tertiary alicyclic amines) is 1. The maximum atomic E-state index is 12.9. The van der Waals surface area contributed by atoms with Crippen molar-refractivity contribution in [2.24, 2.45) is 0 Å². The zero-order chi connectivity index (χ0) is 13.8. The third kappa shape index (κ3) is 3.60. The van der Waals surface area contributed by atoms with Crippen LogP contribution in [0.25, 0.3) is 0 Å². The highest BCUT2D eigenvalue weighted by Crippen LogP contribution is 2.26. The first-order valence-electron chi connectivity index (χ1n) is 6.48. The molecule has 0 aromatic heterocycles. The molecule has 1 unspecified atom stereocenters. The average molecular weight is 286 g/mol. The molecule has 1 aliphatic heterocycles. The molecule has 0 N–H and O–H groups in total. The molecule has 0 spiro atoms. The summed E-state index contributed by atoms with van der Waals surface area (Å²) < 4.78 is 18.4. The molecule has 1 saturated heterocycles. The van der Waals surface area contributed by atoms with Gasteiger partial charge in [0.1, 0.15) is 11.6 Å². The first-order valence-corrected chi connectivity index (χ1v) is 6.86. The second-order valence-electron chi connectivity index (χ2n) is 4.72. The Morgan fingerprint density at radius 1 is 1.37 bits per heavy atom. The molecule has 104 valence electrons. The van der Waals surface area contributed by atoms with Crippen LogP contribution in [0.15, 0.2) is 18.2 Å². The molecule has 0 saturated carbocycles. The van der Waals surface area contributed by atoms with Gasteiger partial charge in [-0.3, -0.25) is 4.79 Å². The van der Waals surface area contributed by atoms with E-state index in [2.05, 4.69) is 0 Å². The fourth-order valence-corrected chi connectivity index (χ4v) is 2.39. The third-order valence-corrected chi connectivity index (χ3v) is 3.51. The summed E-state index contributed by atoms with van der Waals surface area (Å²) in [6.45, 7) is 3.25. The van der Waals surface area contributed by atoms with Crippen LogP contribution in [0.5, 0.6) is 5.75 Å². The molecule has 0 bridgehead atoms. The van der Waals surface area contributed by atoms with Crippen LogP contribution in [-0.2, 0) is 4.79 Å². The van der Waals surface area contributed by atoms with Crippen molar-refractivity contribution in [2.75, 3.05) is 13.1 Å². The van der Waals surface area contributed by atoms with E-state index < -0.39 is 11.9 Å². The van der Waals surface area contributed by atoms with E-state index in [0.717, 1.165) is 25.9 Å². The van der Waals surface area contributed by atoms with E-state index in [0.29, 0.717) is 5.75 Å². The molecule has 0 aliphatic carbocycles. The van der Waals surface area contributed by atoms with Gasteiger partial charge in [0.25, 0.3) is 5.91 Å². The largest absolute Gasteiger partial charge is 0.479 e. The Balaban J connectivity index is 1.99. The number of rotatable bonds is 3. The van der Waals surface area contributed by atoms with Gasteiger partial charge in [-0.05, 0) is 44.4 Å². The van der Waals surface area contributed by atoms with Crippen LogP contribution < -0.4 is 4.74 Å². The lowest BCUT2D eigenvalue weighted by molar-refractivity contribution is -0.138. The molecule has 1 aromatic rings. The zero-order valence-corrected chi connectivity index (χ0v) is 11.6. The van der Waals surface area contributed by atoms with Gasteiger partial charge < -0.3 is 9.64 Å². The number of hydrogen-bond acceptors (Lipinski definition) is 2. The van der Waals surface area contributed by atoms with Gasteiger partial charge in [-0.2, -0.15) is 0 Å². The molecule has 1 aliphatic rings. The molecular formula is C14H17ClFNO2. The van der Waals surface area contributed by atoms with Crippen molar-refractivity contribution in [3.63, 3.8) is 0 Å². The second kappa shape index (κ2) is 6.24. The Morgan fingerprint density at radius 2 is 2.05 bits per heavy atom. The summed E-state index contributed by atoms with van der Waals surface area (Å²) in [5.41, 5.74) is 0. The number of halogens is 2. The van der Waals surface area contributed by atoms with Crippen LogP contribution >= 0.6 is 11.6 Å². The van der Waals surface area contributed by atoms with Crippen molar-refractivity contribution in [3.8, 4) is 5.75 Å². The molecule has 2 rings (SSSR count). The average Bonchev–Trinajstić information content (AvgIpc) is 2.42. The minimum absolute atomic E-state index is 0.0416. The normalized spacial score (nSPS) is 17.1. The number of ether oxygens (including phenoxy) is 1. The highest BCUT2D eigenvalue weighted by molar-refractivity contribution is 6.32. The van der Waals surface area contributed by atoms with Gasteiger partial charge in [0.05, 0.1) is 5.02 Å². The van der Waals surface area contributed by atoms with Crippen molar-refractivity contribution in [2.45, 2.75) is 32.3 Å². The van der Waals surface area contributed by atoms with Crippen LogP contribution in [0.2, 0.25) is 5.02 Å². The summed E-state index contributed by atoms with van der Waals surface area (Å²) in [5, 5.41) is 0.179. The number of carbonyl (C=O) groups is 1. The molecule has 1 atom stereocenters. The lowest BCUT2D eigenvalue weighted by atomic mass is 10.1. The summed E-state index contributed by atoms with van der Waals surface area (Å²) in [6, 6.07) is 3.88. The number of carbonyl (C=O) groups excluding carboxylic acids is 1. The zero-order valence-electron chi connectivity index (χ0n) is 10.9. The summed E-state index contributed by atoms with van der Waals surface area (Å²) in [5.74, 6) is -0.131. The van der Waals surface area contributed by atoms with Gasteiger partial charge in [-0.15, -0.1) is 0 Å². The van der Waals surface area contributed by atoms with Crippen LogP contribution in [0.4, 0.5) is 4.39 Å². The maximum absolute atomic E-state index is 12.9. The molecule has 3 nitrogen and oxygen atoms in total. The van der Waals surface area contributed by atoms with Crippen molar-refractivity contribution in [1.29, 1.82) is 0 Å². The van der Waals surface area contributed by atoms with Gasteiger partial charge in [0.2, 0.25) is 0 Å². The van der Waals surface area contributed by atoms with Crippen molar-refractivity contribution < 1.29 is 13.9 Å². The van der Waals surface area contributed by atoms with Crippen molar-refractivity contribution in [1.82, 2.24) is 4.90 Å². The highest BCUT2D eigenvalue weighted by atomic mass is 35.5. The smallest absolute Gasteiger partial charge is 0.263 e. The minimum Gasteiger partial charge on any atom is -0.479 e. The first-order chi connectivity index (χ1) is 9.08. The number of amides is 1. The van der Waals surface area contributed by atoms with Gasteiger partial charge >= 0.3 is 0 Å². The van der Waals surface area contributed by atoms with E-state index in [1.54, 1.807) is 6.92 Å². The molecule has 5 heteroatoms. The van der Waals surface area contributed by atoms with Gasteiger partial charge in [0.15, 0.2) is 6.10 Å². The summed E-state index contributed by atoms with van der Waals surface area (Å²) in [4.78, 5) is 14.0. The SMILES string of the molecule is CC(Oc1ccc(F)cc1Cl)C(=O)N1CCCCC1. The summed E-state index contributed by atoms with van der Waals surface area (Å²) in [7, 11) is 0. The van der Waals surface area contributed by atoms with Gasteiger partial charge in [0, 0.05) is 13.1 Å².